The van der Waals surface area contributed by atoms with E-state index in [-0.39, 0.29) is 5.75 Å². The lowest BCUT2D eigenvalue weighted by Crippen LogP contribution is -2.27. The predicted molar refractivity (Wildman–Crippen MR) is 85.1 cm³/mol. The molecule has 0 heterocycles. The fourth-order valence-corrected chi connectivity index (χ4v) is 3.18. The van der Waals surface area contributed by atoms with Crippen LogP contribution in [0.4, 0.5) is 0 Å². The van der Waals surface area contributed by atoms with Crippen LogP contribution in [0.1, 0.15) is 16.7 Å². The molecule has 0 atom stereocenters. The van der Waals surface area contributed by atoms with Gasteiger partial charge in [0.1, 0.15) is 0 Å². The van der Waals surface area contributed by atoms with Crippen molar-refractivity contribution in [1.29, 1.82) is 0 Å². The van der Waals surface area contributed by atoms with E-state index in [2.05, 4.69) is 4.72 Å². The van der Waals surface area contributed by atoms with Gasteiger partial charge in [-0.25, -0.2) is 13.1 Å². The molecule has 5 heteroatoms. The Kier molecular flexibility index (Phi) is 5.50. The van der Waals surface area contributed by atoms with Gasteiger partial charge < -0.3 is 5.73 Å². The van der Waals surface area contributed by atoms with Crippen LogP contribution in [0, 0.1) is 0 Å². The smallest absolute Gasteiger partial charge is 0.215 e. The van der Waals surface area contributed by atoms with Crippen LogP contribution in [0.15, 0.2) is 54.6 Å². The quantitative estimate of drug-likeness (QED) is 0.819. The monoisotopic (exact) mass is 304 g/mol. The zero-order valence-corrected chi connectivity index (χ0v) is 12.6. The molecule has 0 spiro atoms. The van der Waals surface area contributed by atoms with E-state index in [1.54, 1.807) is 12.1 Å². The molecule has 0 radical (unpaired) electrons. The van der Waals surface area contributed by atoms with Crippen molar-refractivity contribution in [3.8, 4) is 0 Å². The number of nitrogens with one attached hydrogen (secondary N) is 1. The largest absolute Gasteiger partial charge is 0.326 e. The Hall–Kier alpha value is -1.69. The van der Waals surface area contributed by atoms with Crippen molar-refractivity contribution in [2.45, 2.75) is 18.7 Å². The van der Waals surface area contributed by atoms with E-state index < -0.39 is 10.0 Å². The molecule has 3 N–H and O–H groups in total. The highest BCUT2D eigenvalue weighted by Crippen LogP contribution is 2.07. The van der Waals surface area contributed by atoms with Gasteiger partial charge in [-0.2, -0.15) is 0 Å². The summed E-state index contributed by atoms with van der Waals surface area (Å²) in [5, 5.41) is 0. The third-order valence-corrected chi connectivity index (χ3v) is 4.55. The van der Waals surface area contributed by atoms with Gasteiger partial charge in [0.05, 0.1) is 5.75 Å². The van der Waals surface area contributed by atoms with Crippen LogP contribution in [-0.2, 0) is 28.7 Å². The summed E-state index contributed by atoms with van der Waals surface area (Å²) in [6.45, 7) is 0.871. The molecule has 2 rings (SSSR count). The first-order valence-corrected chi connectivity index (χ1v) is 8.53. The first-order chi connectivity index (χ1) is 10.1. The van der Waals surface area contributed by atoms with Gasteiger partial charge in [-0.15, -0.1) is 0 Å². The summed E-state index contributed by atoms with van der Waals surface area (Å²) < 4.78 is 26.6. The van der Waals surface area contributed by atoms with Gasteiger partial charge in [0.15, 0.2) is 0 Å². The van der Waals surface area contributed by atoms with Gasteiger partial charge >= 0.3 is 0 Å². The minimum Gasteiger partial charge on any atom is -0.326 e. The van der Waals surface area contributed by atoms with E-state index in [0.29, 0.717) is 19.5 Å². The van der Waals surface area contributed by atoms with Crippen molar-refractivity contribution in [3.63, 3.8) is 0 Å². The Morgan fingerprint density at radius 3 is 2.10 bits per heavy atom. The third-order valence-electron chi connectivity index (χ3n) is 3.19. The molecule has 21 heavy (non-hydrogen) atoms. The third kappa shape index (κ3) is 5.30. The SMILES string of the molecule is NCc1ccc(CS(=O)(=O)NCCc2ccccc2)cc1. The van der Waals surface area contributed by atoms with E-state index >= 15 is 0 Å². The highest BCUT2D eigenvalue weighted by Gasteiger charge is 2.10. The number of benzene rings is 2. The maximum atomic E-state index is 12.0. The number of nitrogens with two attached hydrogens (primary N) is 1. The minimum absolute atomic E-state index is 0.00730. The van der Waals surface area contributed by atoms with Crippen molar-refractivity contribution in [1.82, 2.24) is 4.72 Å². The van der Waals surface area contributed by atoms with Gasteiger partial charge in [0.2, 0.25) is 10.0 Å². The molecule has 0 saturated heterocycles. The van der Waals surface area contributed by atoms with Gasteiger partial charge in [-0.1, -0.05) is 54.6 Å². The van der Waals surface area contributed by atoms with Gasteiger partial charge in [0, 0.05) is 13.1 Å². The summed E-state index contributed by atoms with van der Waals surface area (Å²) in [6, 6.07) is 17.1. The highest BCUT2D eigenvalue weighted by molar-refractivity contribution is 7.88. The van der Waals surface area contributed by atoms with E-state index in [4.69, 9.17) is 5.73 Å². The van der Waals surface area contributed by atoms with E-state index in [1.165, 1.54) is 0 Å². The van der Waals surface area contributed by atoms with Crippen molar-refractivity contribution in [2.75, 3.05) is 6.54 Å². The second-order valence-electron chi connectivity index (χ2n) is 4.91. The zero-order chi connectivity index (χ0) is 15.1. The van der Waals surface area contributed by atoms with Crippen LogP contribution in [0.2, 0.25) is 0 Å². The van der Waals surface area contributed by atoms with Crippen molar-refractivity contribution < 1.29 is 8.42 Å². The predicted octanol–water partition coefficient (Wildman–Crippen LogP) is 1.81. The number of rotatable bonds is 7. The summed E-state index contributed by atoms with van der Waals surface area (Å²) in [7, 11) is -3.31. The summed E-state index contributed by atoms with van der Waals surface area (Å²) in [4.78, 5) is 0. The Morgan fingerprint density at radius 2 is 1.48 bits per heavy atom. The molecule has 2 aromatic carbocycles. The maximum Gasteiger partial charge on any atom is 0.215 e. The molecular weight excluding hydrogens is 284 g/mol. The lowest BCUT2D eigenvalue weighted by molar-refractivity contribution is 0.581. The average Bonchev–Trinajstić information content (AvgIpc) is 2.48. The molecule has 0 saturated carbocycles. The standard InChI is InChI=1S/C16H20N2O2S/c17-12-15-6-8-16(9-7-15)13-21(19,20)18-11-10-14-4-2-1-3-5-14/h1-9,18H,10-13,17H2. The van der Waals surface area contributed by atoms with Crippen LogP contribution < -0.4 is 10.5 Å². The molecule has 0 bridgehead atoms. The summed E-state index contributed by atoms with van der Waals surface area (Å²) in [6.07, 6.45) is 0.687. The van der Waals surface area contributed by atoms with E-state index in [1.807, 2.05) is 42.5 Å². The van der Waals surface area contributed by atoms with Crippen LogP contribution >= 0.6 is 0 Å². The second kappa shape index (κ2) is 7.36. The molecule has 2 aromatic rings. The second-order valence-corrected chi connectivity index (χ2v) is 6.72. The van der Waals surface area contributed by atoms with Crippen molar-refractivity contribution in [2.24, 2.45) is 5.73 Å². The average molecular weight is 304 g/mol. The fourth-order valence-electron chi connectivity index (χ4n) is 2.04. The molecule has 0 aliphatic carbocycles. The summed E-state index contributed by atoms with van der Waals surface area (Å²) in [5.74, 6) is -0.00730. The molecule has 0 amide bonds. The molecular formula is C16H20N2O2S. The maximum absolute atomic E-state index is 12.0. The molecule has 0 fully saturated rings. The fraction of sp³-hybridized carbons (Fsp3) is 0.250. The molecule has 0 aliphatic rings. The van der Waals surface area contributed by atoms with Gasteiger partial charge in [0.25, 0.3) is 0 Å². The molecule has 0 aromatic heterocycles. The number of hydrogen-bond donors (Lipinski definition) is 2. The Bertz CT molecular complexity index is 652. The molecule has 4 nitrogen and oxygen atoms in total. The lowest BCUT2D eigenvalue weighted by Gasteiger charge is -2.07. The van der Waals surface area contributed by atoms with E-state index in [9.17, 15) is 8.42 Å². The normalized spacial score (nSPS) is 11.5. The highest BCUT2D eigenvalue weighted by atomic mass is 32.2. The Morgan fingerprint density at radius 1 is 0.857 bits per heavy atom. The topological polar surface area (TPSA) is 72.2 Å². The van der Waals surface area contributed by atoms with Gasteiger partial charge in [-0.05, 0) is 23.1 Å². The first kappa shape index (κ1) is 15.7. The molecule has 0 aliphatic heterocycles. The van der Waals surface area contributed by atoms with Crippen LogP contribution in [0.25, 0.3) is 0 Å². The Labute approximate surface area is 126 Å². The van der Waals surface area contributed by atoms with Crippen LogP contribution in [0.5, 0.6) is 0 Å². The molecule has 0 unspecified atom stereocenters. The van der Waals surface area contributed by atoms with E-state index in [0.717, 1.165) is 16.7 Å². The lowest BCUT2D eigenvalue weighted by atomic mass is 10.1. The van der Waals surface area contributed by atoms with Crippen molar-refractivity contribution in [3.05, 3.63) is 71.3 Å². The van der Waals surface area contributed by atoms with Crippen LogP contribution in [0.3, 0.4) is 0 Å². The minimum atomic E-state index is -3.31. The Balaban J connectivity index is 1.86. The first-order valence-electron chi connectivity index (χ1n) is 6.88. The zero-order valence-electron chi connectivity index (χ0n) is 11.8. The summed E-state index contributed by atoms with van der Waals surface area (Å²) >= 11 is 0. The van der Waals surface area contributed by atoms with Crippen LogP contribution in [-0.4, -0.2) is 15.0 Å². The summed E-state index contributed by atoms with van der Waals surface area (Å²) in [5.41, 5.74) is 8.39. The van der Waals surface area contributed by atoms with Crippen molar-refractivity contribution >= 4 is 10.0 Å². The van der Waals surface area contributed by atoms with Gasteiger partial charge in [-0.3, -0.25) is 0 Å². The number of hydrogen-bond acceptors (Lipinski definition) is 3. The molecule has 112 valence electrons. The number of sulfonamides is 1.